The third kappa shape index (κ3) is 6.54. The van der Waals surface area contributed by atoms with Gasteiger partial charge in [-0.3, -0.25) is 4.98 Å². The Labute approximate surface area is 113 Å². The zero-order valence-electron chi connectivity index (χ0n) is 12.0. The minimum atomic E-state index is -1.49. The third-order valence-electron chi connectivity index (χ3n) is 2.77. The molecule has 19 heavy (non-hydrogen) atoms. The number of hydrogen-bond donors (Lipinski definition) is 4. The van der Waals surface area contributed by atoms with Crippen molar-refractivity contribution in [2.24, 2.45) is 0 Å². The average molecular weight is 271 g/mol. The van der Waals surface area contributed by atoms with Gasteiger partial charge in [0.25, 0.3) is 0 Å². The van der Waals surface area contributed by atoms with E-state index in [2.05, 4.69) is 4.98 Å². The highest BCUT2D eigenvalue weighted by Crippen LogP contribution is 2.19. The molecule has 0 aliphatic carbocycles. The fourth-order valence-electron chi connectivity index (χ4n) is 0.688. The molecule has 1 rings (SSSR count). The van der Waals surface area contributed by atoms with Gasteiger partial charge in [-0.15, -0.1) is 0 Å². The molecule has 0 bridgehead atoms. The lowest BCUT2D eigenvalue weighted by molar-refractivity contribution is -0.107. The molecule has 1 aromatic heterocycles. The minimum absolute atomic E-state index is 0.323. The second-order valence-electron chi connectivity index (χ2n) is 5.15. The summed E-state index contributed by atoms with van der Waals surface area (Å²) < 4.78 is 4.82. The molecular weight excluding hydrogens is 249 g/mol. The predicted octanol–water partition coefficient (Wildman–Crippen LogP) is -0.702. The van der Waals surface area contributed by atoms with E-state index in [9.17, 15) is 0 Å². The quantitative estimate of drug-likeness (QED) is 0.542. The van der Waals surface area contributed by atoms with Gasteiger partial charge in [-0.1, -0.05) is 0 Å². The second kappa shape index (κ2) is 6.86. The Hall–Kier alpha value is -1.15. The van der Waals surface area contributed by atoms with Crippen molar-refractivity contribution >= 4 is 12.6 Å². The number of aromatic nitrogens is 1. The molecule has 0 aliphatic heterocycles. The number of aliphatic hydroxyl groups is 2. The van der Waals surface area contributed by atoms with Crippen molar-refractivity contribution in [3.05, 3.63) is 18.5 Å². The number of pyridine rings is 1. The summed E-state index contributed by atoms with van der Waals surface area (Å²) in [6.07, 6.45) is 2.86. The van der Waals surface area contributed by atoms with E-state index in [-0.39, 0.29) is 0 Å². The van der Waals surface area contributed by atoms with Crippen LogP contribution < -0.4 is 10.2 Å². The van der Waals surface area contributed by atoms with E-state index < -0.39 is 18.3 Å². The van der Waals surface area contributed by atoms with Crippen LogP contribution in [0.1, 0.15) is 27.7 Å². The van der Waals surface area contributed by atoms with E-state index in [4.69, 9.17) is 25.0 Å². The summed E-state index contributed by atoms with van der Waals surface area (Å²) in [4.78, 5) is 3.73. The Bertz CT molecular complexity index is 372. The molecule has 0 saturated carbocycles. The Morgan fingerprint density at radius 1 is 1.05 bits per heavy atom. The van der Waals surface area contributed by atoms with E-state index in [1.165, 1.54) is 25.6 Å². The first kappa shape index (κ1) is 17.9. The highest BCUT2D eigenvalue weighted by molar-refractivity contribution is 6.58. The van der Waals surface area contributed by atoms with Crippen molar-refractivity contribution in [1.82, 2.24) is 4.98 Å². The van der Waals surface area contributed by atoms with Gasteiger partial charge in [-0.05, 0) is 33.8 Å². The monoisotopic (exact) mass is 271 g/mol. The van der Waals surface area contributed by atoms with E-state index in [1.54, 1.807) is 27.7 Å². The molecule has 6 nitrogen and oxygen atoms in total. The molecule has 7 heteroatoms. The summed E-state index contributed by atoms with van der Waals surface area (Å²) in [5, 5.41) is 35.6. The maximum atomic E-state index is 9.10. The summed E-state index contributed by atoms with van der Waals surface area (Å²) in [6, 6.07) is 1.51. The first-order valence-electron chi connectivity index (χ1n) is 5.79. The Morgan fingerprint density at radius 3 is 1.84 bits per heavy atom. The minimum Gasteiger partial charge on any atom is -0.495 e. The van der Waals surface area contributed by atoms with Crippen molar-refractivity contribution < 1.29 is 25.0 Å². The van der Waals surface area contributed by atoms with Crippen molar-refractivity contribution in [3.63, 3.8) is 0 Å². The Kier molecular flexibility index (Phi) is 6.45. The molecule has 0 saturated heterocycles. The van der Waals surface area contributed by atoms with Gasteiger partial charge in [0.15, 0.2) is 0 Å². The number of ether oxygens (including phenoxy) is 1. The van der Waals surface area contributed by atoms with Gasteiger partial charge in [0, 0.05) is 11.7 Å². The van der Waals surface area contributed by atoms with Gasteiger partial charge in [-0.2, -0.15) is 0 Å². The molecular formula is C12H22BNO5. The van der Waals surface area contributed by atoms with Crippen LogP contribution in [0.4, 0.5) is 0 Å². The molecule has 0 fully saturated rings. The smallest absolute Gasteiger partial charge is 0.490 e. The number of hydrogen-bond acceptors (Lipinski definition) is 6. The largest absolute Gasteiger partial charge is 0.495 e. The molecule has 4 N–H and O–H groups in total. The summed E-state index contributed by atoms with van der Waals surface area (Å²) in [5.41, 5.74) is -1.69. The summed E-state index contributed by atoms with van der Waals surface area (Å²) in [5.74, 6) is 0.510. The first-order chi connectivity index (χ1) is 8.49. The van der Waals surface area contributed by atoms with Crippen LogP contribution in [-0.2, 0) is 0 Å². The summed E-state index contributed by atoms with van der Waals surface area (Å²) in [7, 11) is 0.00229. The van der Waals surface area contributed by atoms with Gasteiger partial charge < -0.3 is 25.0 Å². The SMILES string of the molecule is CC(C)(O)C(C)(C)O.COc1cncc(B(O)O)c1. The molecule has 0 spiro atoms. The van der Waals surface area contributed by atoms with Gasteiger partial charge in [0.05, 0.1) is 24.5 Å². The van der Waals surface area contributed by atoms with Crippen LogP contribution in [0.25, 0.3) is 0 Å². The first-order valence-corrected chi connectivity index (χ1v) is 5.79. The predicted molar refractivity (Wildman–Crippen MR) is 73.2 cm³/mol. The van der Waals surface area contributed by atoms with Crippen LogP contribution in [0, 0.1) is 0 Å². The molecule has 1 aromatic rings. The van der Waals surface area contributed by atoms with E-state index >= 15 is 0 Å². The van der Waals surface area contributed by atoms with Crippen LogP contribution in [0.15, 0.2) is 18.5 Å². The van der Waals surface area contributed by atoms with Crippen LogP contribution >= 0.6 is 0 Å². The van der Waals surface area contributed by atoms with E-state index in [1.807, 2.05) is 0 Å². The molecule has 0 radical (unpaired) electrons. The lowest BCUT2D eigenvalue weighted by Gasteiger charge is -2.31. The molecule has 0 aliphatic rings. The lowest BCUT2D eigenvalue weighted by atomic mass is 9.82. The van der Waals surface area contributed by atoms with Crippen molar-refractivity contribution in [3.8, 4) is 5.75 Å². The molecule has 0 unspecified atom stereocenters. The van der Waals surface area contributed by atoms with Crippen LogP contribution in [0.5, 0.6) is 5.75 Å². The Balaban J connectivity index is 0.000000362. The molecule has 0 atom stereocenters. The fraction of sp³-hybridized carbons (Fsp3) is 0.583. The standard InChI is InChI=1S/C6H8BNO3.C6H14O2/c1-11-6-2-5(7(9)10)3-8-4-6;1-5(2,7)6(3,4)8/h2-4,9-10H,1H3;7-8H,1-4H3. The molecule has 1 heterocycles. The number of rotatable bonds is 3. The Morgan fingerprint density at radius 2 is 1.53 bits per heavy atom. The van der Waals surface area contributed by atoms with Crippen molar-refractivity contribution in [2.45, 2.75) is 38.9 Å². The molecule has 0 aromatic carbocycles. The highest BCUT2D eigenvalue weighted by Gasteiger charge is 2.31. The van der Waals surface area contributed by atoms with E-state index in [0.29, 0.717) is 11.2 Å². The van der Waals surface area contributed by atoms with Gasteiger partial charge in [0.1, 0.15) is 5.75 Å². The van der Waals surface area contributed by atoms with Crippen LogP contribution in [0.3, 0.4) is 0 Å². The maximum Gasteiger partial charge on any atom is 0.490 e. The zero-order valence-corrected chi connectivity index (χ0v) is 12.0. The van der Waals surface area contributed by atoms with E-state index in [0.717, 1.165) is 0 Å². The topological polar surface area (TPSA) is 103 Å². The number of nitrogens with zero attached hydrogens (tertiary/aromatic N) is 1. The van der Waals surface area contributed by atoms with Crippen molar-refractivity contribution in [2.75, 3.05) is 7.11 Å². The van der Waals surface area contributed by atoms with Gasteiger partial charge in [0.2, 0.25) is 0 Å². The lowest BCUT2D eigenvalue weighted by Crippen LogP contribution is -2.44. The number of methoxy groups -OCH3 is 1. The average Bonchev–Trinajstić information content (AvgIpc) is 2.27. The van der Waals surface area contributed by atoms with Gasteiger partial charge in [-0.25, -0.2) is 0 Å². The zero-order chi connectivity index (χ0) is 15.3. The normalized spacial score (nSPS) is 11.4. The third-order valence-corrected chi connectivity index (χ3v) is 2.77. The molecule has 0 amide bonds. The highest BCUT2D eigenvalue weighted by atomic mass is 16.5. The van der Waals surface area contributed by atoms with Crippen LogP contribution in [0.2, 0.25) is 0 Å². The fourth-order valence-corrected chi connectivity index (χ4v) is 0.688. The maximum absolute atomic E-state index is 9.10. The summed E-state index contributed by atoms with van der Waals surface area (Å²) >= 11 is 0. The van der Waals surface area contributed by atoms with Crippen molar-refractivity contribution in [1.29, 1.82) is 0 Å². The summed E-state index contributed by atoms with van der Waals surface area (Å²) in [6.45, 7) is 6.31. The van der Waals surface area contributed by atoms with Gasteiger partial charge >= 0.3 is 7.12 Å². The van der Waals surface area contributed by atoms with Crippen LogP contribution in [-0.4, -0.2) is 50.7 Å². The second-order valence-corrected chi connectivity index (χ2v) is 5.15. The molecule has 108 valence electrons.